The van der Waals surface area contributed by atoms with Gasteiger partial charge in [0.1, 0.15) is 0 Å². The Morgan fingerprint density at radius 1 is 1.29 bits per heavy atom. The zero-order chi connectivity index (χ0) is 10.8. The van der Waals surface area contributed by atoms with Crippen LogP contribution in [0.5, 0.6) is 0 Å². The van der Waals surface area contributed by atoms with Crippen LogP contribution in [0.3, 0.4) is 0 Å². The van der Waals surface area contributed by atoms with Gasteiger partial charge in [0.2, 0.25) is 0 Å². The summed E-state index contributed by atoms with van der Waals surface area (Å²) >= 11 is 0. The van der Waals surface area contributed by atoms with Gasteiger partial charge in [-0.05, 0) is 40.0 Å². The molecule has 0 spiro atoms. The first-order chi connectivity index (χ1) is 6.38. The van der Waals surface area contributed by atoms with E-state index in [0.717, 1.165) is 32.9 Å². The molecule has 0 unspecified atom stereocenters. The highest BCUT2D eigenvalue weighted by Gasteiger charge is 2.28. The Hall–Kier alpha value is -0.220. The lowest BCUT2D eigenvalue weighted by atomic mass is 10.0. The number of hydrogen-bond donors (Lipinski definition) is 0. The van der Waals surface area contributed by atoms with Crippen molar-refractivity contribution in [2.24, 2.45) is 0 Å². The molecule has 0 amide bonds. The van der Waals surface area contributed by atoms with Crippen molar-refractivity contribution < 1.29 is 8.78 Å². The highest BCUT2D eigenvalue weighted by Crippen LogP contribution is 2.19. The average molecular weight is 206 g/mol. The maximum Gasteiger partial charge on any atom is 0.257 e. The van der Waals surface area contributed by atoms with E-state index in [4.69, 9.17) is 0 Å². The number of rotatable bonds is 3. The van der Waals surface area contributed by atoms with E-state index in [0.29, 0.717) is 6.04 Å². The summed E-state index contributed by atoms with van der Waals surface area (Å²) in [5.41, 5.74) is 0. The van der Waals surface area contributed by atoms with E-state index < -0.39 is 5.92 Å². The molecule has 1 heterocycles. The Morgan fingerprint density at radius 3 is 2.14 bits per heavy atom. The topological polar surface area (TPSA) is 6.48 Å². The Bertz CT molecular complexity index is 169. The molecule has 0 atom stereocenters. The van der Waals surface area contributed by atoms with Crippen LogP contribution in [0.15, 0.2) is 0 Å². The van der Waals surface area contributed by atoms with Gasteiger partial charge in [-0.2, -0.15) is 0 Å². The molecule has 4 heteroatoms. The smallest absolute Gasteiger partial charge is 0.257 e. The van der Waals surface area contributed by atoms with Crippen molar-refractivity contribution in [2.75, 3.05) is 33.7 Å². The molecule has 0 aliphatic carbocycles. The van der Waals surface area contributed by atoms with Gasteiger partial charge in [0, 0.05) is 13.0 Å². The molecule has 1 rings (SSSR count). The van der Waals surface area contributed by atoms with Crippen LogP contribution in [-0.4, -0.2) is 55.5 Å². The number of hydrogen-bond acceptors (Lipinski definition) is 2. The summed E-state index contributed by atoms with van der Waals surface area (Å²) in [6.45, 7) is 2.50. The van der Waals surface area contributed by atoms with Gasteiger partial charge in [0.15, 0.2) is 0 Å². The van der Waals surface area contributed by atoms with Crippen LogP contribution in [0.4, 0.5) is 8.78 Å². The molecule has 0 radical (unpaired) electrons. The lowest BCUT2D eigenvalue weighted by Crippen LogP contribution is -2.45. The van der Waals surface area contributed by atoms with E-state index in [2.05, 4.69) is 19.0 Å². The van der Waals surface area contributed by atoms with E-state index in [1.807, 2.05) is 4.90 Å². The second-order valence-electron chi connectivity index (χ2n) is 4.54. The largest absolute Gasteiger partial charge is 0.306 e. The number of alkyl halides is 2. The maximum atomic E-state index is 12.7. The van der Waals surface area contributed by atoms with Crippen LogP contribution >= 0.6 is 0 Å². The first-order valence-corrected chi connectivity index (χ1v) is 5.15. The van der Waals surface area contributed by atoms with Crippen molar-refractivity contribution >= 4 is 0 Å². The summed E-state index contributed by atoms with van der Waals surface area (Å²) in [5.74, 6) is -2.55. The van der Waals surface area contributed by atoms with Crippen molar-refractivity contribution in [3.63, 3.8) is 0 Å². The number of nitrogens with zero attached hydrogens (tertiary/aromatic N) is 2. The molecule has 14 heavy (non-hydrogen) atoms. The lowest BCUT2D eigenvalue weighted by Gasteiger charge is -2.36. The van der Waals surface area contributed by atoms with E-state index in [1.165, 1.54) is 0 Å². The van der Waals surface area contributed by atoms with E-state index in [1.54, 1.807) is 0 Å². The van der Waals surface area contributed by atoms with Gasteiger partial charge in [-0.15, -0.1) is 0 Å². The van der Waals surface area contributed by atoms with Gasteiger partial charge in [-0.3, -0.25) is 4.90 Å². The predicted molar refractivity (Wildman–Crippen MR) is 53.8 cm³/mol. The molecule has 1 fully saturated rings. The van der Waals surface area contributed by atoms with Gasteiger partial charge < -0.3 is 4.90 Å². The summed E-state index contributed by atoms with van der Waals surface area (Å²) in [7, 11) is 4.10. The number of likely N-dealkylation sites (tertiary alicyclic amines) is 1. The minimum atomic E-state index is -2.55. The minimum absolute atomic E-state index is 0.0901. The van der Waals surface area contributed by atoms with E-state index in [9.17, 15) is 8.78 Å². The van der Waals surface area contributed by atoms with E-state index in [-0.39, 0.29) is 6.54 Å². The second-order valence-corrected chi connectivity index (χ2v) is 4.54. The molecule has 0 aromatic rings. The summed E-state index contributed by atoms with van der Waals surface area (Å²) in [5, 5.41) is 0. The van der Waals surface area contributed by atoms with Crippen LogP contribution < -0.4 is 0 Å². The molecule has 0 N–H and O–H groups in total. The van der Waals surface area contributed by atoms with Crippen molar-refractivity contribution in [3.8, 4) is 0 Å². The van der Waals surface area contributed by atoms with Gasteiger partial charge >= 0.3 is 0 Å². The molecular formula is C10H20F2N2. The van der Waals surface area contributed by atoms with Crippen LogP contribution in [0.1, 0.15) is 19.8 Å². The third-order valence-corrected chi connectivity index (χ3v) is 2.79. The quantitative estimate of drug-likeness (QED) is 0.693. The zero-order valence-electron chi connectivity index (χ0n) is 9.26. The van der Waals surface area contributed by atoms with Crippen molar-refractivity contribution in [2.45, 2.75) is 31.7 Å². The summed E-state index contributed by atoms with van der Waals surface area (Å²) < 4.78 is 25.4. The SMILES string of the molecule is CN(C)C1CCN(CC(C)(F)F)CC1. The van der Waals surface area contributed by atoms with Gasteiger partial charge in [0.05, 0.1) is 6.54 Å². The summed E-state index contributed by atoms with van der Waals surface area (Å²) in [6, 6.07) is 0.566. The maximum absolute atomic E-state index is 12.7. The second kappa shape index (κ2) is 4.53. The Labute approximate surface area is 84.9 Å². The highest BCUT2D eigenvalue weighted by atomic mass is 19.3. The first-order valence-electron chi connectivity index (χ1n) is 5.15. The number of halogens is 2. The van der Waals surface area contributed by atoms with Gasteiger partial charge in [-0.1, -0.05) is 0 Å². The molecule has 0 aromatic carbocycles. The molecule has 1 aliphatic heterocycles. The summed E-state index contributed by atoms with van der Waals surface area (Å²) in [4.78, 5) is 4.04. The number of piperidine rings is 1. The van der Waals surface area contributed by atoms with Crippen molar-refractivity contribution in [1.82, 2.24) is 9.80 Å². The minimum Gasteiger partial charge on any atom is -0.306 e. The highest BCUT2D eigenvalue weighted by molar-refractivity contribution is 4.79. The van der Waals surface area contributed by atoms with Crippen LogP contribution in [-0.2, 0) is 0 Å². The standard InChI is InChI=1S/C10H20F2N2/c1-10(11,12)8-14-6-4-9(5-7-14)13(2)3/h9H,4-8H2,1-3H3. The summed E-state index contributed by atoms with van der Waals surface area (Å²) in [6.07, 6.45) is 2.01. The van der Waals surface area contributed by atoms with E-state index >= 15 is 0 Å². The molecule has 0 bridgehead atoms. The lowest BCUT2D eigenvalue weighted by molar-refractivity contribution is -0.0236. The molecule has 1 saturated heterocycles. The zero-order valence-corrected chi connectivity index (χ0v) is 9.26. The van der Waals surface area contributed by atoms with Crippen molar-refractivity contribution in [3.05, 3.63) is 0 Å². The molecule has 0 saturated carbocycles. The molecule has 84 valence electrons. The molecule has 0 aromatic heterocycles. The van der Waals surface area contributed by atoms with Gasteiger partial charge in [0.25, 0.3) is 5.92 Å². The predicted octanol–water partition coefficient (Wildman–Crippen LogP) is 1.67. The monoisotopic (exact) mass is 206 g/mol. The molecule has 1 aliphatic rings. The third-order valence-electron chi connectivity index (χ3n) is 2.79. The van der Waals surface area contributed by atoms with Crippen molar-refractivity contribution in [1.29, 1.82) is 0 Å². The normalized spacial score (nSPS) is 21.9. The Morgan fingerprint density at radius 2 is 1.79 bits per heavy atom. The fourth-order valence-corrected chi connectivity index (χ4v) is 1.99. The third kappa shape index (κ3) is 3.88. The molecular weight excluding hydrogens is 186 g/mol. The van der Waals surface area contributed by atoms with Crippen LogP contribution in [0.25, 0.3) is 0 Å². The Balaban J connectivity index is 2.29. The average Bonchev–Trinajstić information content (AvgIpc) is 2.02. The van der Waals surface area contributed by atoms with Crippen LogP contribution in [0, 0.1) is 0 Å². The van der Waals surface area contributed by atoms with Crippen LogP contribution in [0.2, 0.25) is 0 Å². The fraction of sp³-hybridized carbons (Fsp3) is 1.00. The fourth-order valence-electron chi connectivity index (χ4n) is 1.99. The first kappa shape index (κ1) is 11.9. The molecule has 2 nitrogen and oxygen atoms in total. The Kier molecular flexibility index (Phi) is 3.84. The van der Waals surface area contributed by atoms with Gasteiger partial charge in [-0.25, -0.2) is 8.78 Å².